The summed E-state index contributed by atoms with van der Waals surface area (Å²) in [5.41, 5.74) is 10.3. The number of nitrogens with one attached hydrogen (secondary N) is 2. The summed E-state index contributed by atoms with van der Waals surface area (Å²) < 4.78 is 0. The molecular weight excluding hydrogens is 330 g/mol. The van der Waals surface area contributed by atoms with Gasteiger partial charge >= 0.3 is 0 Å². The molecule has 0 aromatic carbocycles. The standard InChI is InChI=1S/C19H25N5S/c20-15(5-11-25)14-12-22-18-17(14)16(4-9-21-18)24-10-3-7-19(13-24)6-1-2-8-23-19/h4-5,9,11-12,23H,1-3,6-8,10,13,20H2,(H,21,22)/b15-5-/t19-/m0/s1. The van der Waals surface area contributed by atoms with Crippen molar-refractivity contribution in [3.63, 3.8) is 0 Å². The lowest BCUT2D eigenvalue weighted by Gasteiger charge is -2.47. The number of hydrogen-bond donors (Lipinski definition) is 3. The highest BCUT2D eigenvalue weighted by atomic mass is 32.1. The zero-order chi connectivity index (χ0) is 17.3. The van der Waals surface area contributed by atoms with Crippen molar-refractivity contribution in [3.8, 4) is 0 Å². The normalized spacial score (nSPS) is 24.8. The molecule has 0 aliphatic carbocycles. The van der Waals surface area contributed by atoms with Crippen LogP contribution in [0.25, 0.3) is 16.7 Å². The molecule has 2 aromatic rings. The highest BCUT2D eigenvalue weighted by Crippen LogP contribution is 2.36. The van der Waals surface area contributed by atoms with E-state index in [1.807, 2.05) is 12.4 Å². The number of rotatable bonds is 3. The molecule has 6 heteroatoms. The Morgan fingerprint density at radius 1 is 1.32 bits per heavy atom. The van der Waals surface area contributed by atoms with Gasteiger partial charge in [-0.3, -0.25) is 0 Å². The smallest absolute Gasteiger partial charge is 0.140 e. The van der Waals surface area contributed by atoms with Gasteiger partial charge < -0.3 is 20.9 Å². The molecule has 25 heavy (non-hydrogen) atoms. The molecule has 2 saturated heterocycles. The number of anilines is 1. The molecule has 2 aromatic heterocycles. The van der Waals surface area contributed by atoms with Gasteiger partial charge in [0.15, 0.2) is 0 Å². The maximum Gasteiger partial charge on any atom is 0.140 e. The Balaban J connectivity index is 1.74. The van der Waals surface area contributed by atoms with E-state index in [2.05, 4.69) is 26.3 Å². The number of H-pyrrole nitrogens is 1. The van der Waals surface area contributed by atoms with Gasteiger partial charge in [-0.25, -0.2) is 4.98 Å². The SMILES string of the molecule is N/C(=C\C=S)c1c[nH]c2nccc(N3CCC[C@@]4(CCCCN4)C3)c12. The second kappa shape index (κ2) is 6.77. The molecule has 4 rings (SSSR count). The first kappa shape index (κ1) is 16.5. The summed E-state index contributed by atoms with van der Waals surface area (Å²) >= 11 is 4.94. The number of fused-ring (bicyclic) bond motifs is 1. The quantitative estimate of drug-likeness (QED) is 0.583. The fraction of sp³-hybridized carbons (Fsp3) is 0.474. The van der Waals surface area contributed by atoms with Gasteiger partial charge in [0.05, 0.1) is 11.1 Å². The number of hydrogen-bond acceptors (Lipinski definition) is 5. The number of aromatic nitrogens is 2. The minimum atomic E-state index is 0.262. The fourth-order valence-electron chi connectivity index (χ4n) is 4.41. The van der Waals surface area contributed by atoms with E-state index in [0.29, 0.717) is 5.70 Å². The van der Waals surface area contributed by atoms with Crippen LogP contribution in [0.2, 0.25) is 0 Å². The second-order valence-corrected chi connectivity index (χ2v) is 7.48. The number of pyridine rings is 1. The van der Waals surface area contributed by atoms with Crippen LogP contribution in [-0.2, 0) is 0 Å². The Morgan fingerprint density at radius 2 is 2.20 bits per heavy atom. The van der Waals surface area contributed by atoms with Crippen LogP contribution in [0.1, 0.15) is 37.7 Å². The van der Waals surface area contributed by atoms with Crippen molar-refractivity contribution in [1.29, 1.82) is 0 Å². The van der Waals surface area contributed by atoms with Gasteiger partial charge in [0.1, 0.15) is 5.65 Å². The monoisotopic (exact) mass is 355 g/mol. The average molecular weight is 356 g/mol. The molecule has 0 radical (unpaired) electrons. The first-order valence-electron chi connectivity index (χ1n) is 9.10. The summed E-state index contributed by atoms with van der Waals surface area (Å²) in [6.45, 7) is 3.26. The van der Waals surface area contributed by atoms with E-state index in [0.717, 1.165) is 36.2 Å². The Morgan fingerprint density at radius 3 is 3.00 bits per heavy atom. The van der Waals surface area contributed by atoms with Crippen LogP contribution in [0.5, 0.6) is 0 Å². The first-order chi connectivity index (χ1) is 12.2. The Kier molecular flexibility index (Phi) is 4.48. The van der Waals surface area contributed by atoms with Crippen LogP contribution >= 0.6 is 12.2 Å². The summed E-state index contributed by atoms with van der Waals surface area (Å²) in [7, 11) is 0. The second-order valence-electron chi connectivity index (χ2n) is 7.20. The van der Waals surface area contributed by atoms with Crippen LogP contribution in [0, 0.1) is 0 Å². The van der Waals surface area contributed by atoms with E-state index in [1.165, 1.54) is 37.8 Å². The van der Waals surface area contributed by atoms with E-state index in [1.54, 1.807) is 11.4 Å². The van der Waals surface area contributed by atoms with Gasteiger partial charge in [0.25, 0.3) is 0 Å². The van der Waals surface area contributed by atoms with E-state index in [-0.39, 0.29) is 5.54 Å². The van der Waals surface area contributed by atoms with Crippen LogP contribution in [0.4, 0.5) is 5.69 Å². The number of nitrogens with zero attached hydrogens (tertiary/aromatic N) is 2. The Hall–Kier alpha value is -1.92. The molecule has 0 bridgehead atoms. The van der Waals surface area contributed by atoms with Gasteiger partial charge in [-0.05, 0) is 44.4 Å². The zero-order valence-corrected chi connectivity index (χ0v) is 15.2. The van der Waals surface area contributed by atoms with Gasteiger partial charge in [-0.2, -0.15) is 0 Å². The van der Waals surface area contributed by atoms with E-state index < -0.39 is 0 Å². The minimum Gasteiger partial charge on any atom is -0.398 e. The topological polar surface area (TPSA) is 70.0 Å². The van der Waals surface area contributed by atoms with Crippen LogP contribution in [-0.4, -0.2) is 40.5 Å². The summed E-state index contributed by atoms with van der Waals surface area (Å²) in [4.78, 5) is 10.3. The molecule has 132 valence electrons. The molecule has 2 aliphatic heterocycles. The molecule has 2 aliphatic rings. The van der Waals surface area contributed by atoms with Crippen molar-refractivity contribution in [2.75, 3.05) is 24.5 Å². The molecule has 0 unspecified atom stereocenters. The van der Waals surface area contributed by atoms with Crippen molar-refractivity contribution in [2.24, 2.45) is 5.73 Å². The van der Waals surface area contributed by atoms with Crippen molar-refractivity contribution >= 4 is 40.0 Å². The predicted molar refractivity (Wildman–Crippen MR) is 108 cm³/mol. The molecule has 4 heterocycles. The molecule has 0 saturated carbocycles. The lowest BCUT2D eigenvalue weighted by Crippen LogP contribution is -2.59. The third-order valence-electron chi connectivity index (χ3n) is 5.61. The first-order valence-corrected chi connectivity index (χ1v) is 9.57. The van der Waals surface area contributed by atoms with Gasteiger partial charge in [0.2, 0.25) is 0 Å². The average Bonchev–Trinajstić information content (AvgIpc) is 3.07. The number of thiocarbonyl (C=S) groups is 1. The zero-order valence-electron chi connectivity index (χ0n) is 14.4. The summed E-state index contributed by atoms with van der Waals surface area (Å²) in [6.07, 6.45) is 12.0. The van der Waals surface area contributed by atoms with Crippen molar-refractivity contribution in [3.05, 3.63) is 30.1 Å². The Bertz CT molecular complexity index is 798. The maximum atomic E-state index is 6.24. The summed E-state index contributed by atoms with van der Waals surface area (Å²) in [5, 5.41) is 6.47. The largest absolute Gasteiger partial charge is 0.398 e. The highest BCUT2D eigenvalue weighted by molar-refractivity contribution is 7.79. The summed E-state index contributed by atoms with van der Waals surface area (Å²) in [5.74, 6) is 0. The maximum absolute atomic E-state index is 6.24. The van der Waals surface area contributed by atoms with Crippen LogP contribution in [0.3, 0.4) is 0 Å². The van der Waals surface area contributed by atoms with Crippen LogP contribution < -0.4 is 16.0 Å². The summed E-state index contributed by atoms with van der Waals surface area (Å²) in [6, 6.07) is 2.12. The number of piperidine rings is 2. The molecule has 5 nitrogen and oxygen atoms in total. The number of nitrogens with two attached hydrogens (primary N) is 1. The minimum absolute atomic E-state index is 0.262. The molecule has 0 amide bonds. The van der Waals surface area contributed by atoms with Crippen molar-refractivity contribution in [1.82, 2.24) is 15.3 Å². The lowest BCUT2D eigenvalue weighted by atomic mass is 9.81. The predicted octanol–water partition coefficient (Wildman–Crippen LogP) is 2.97. The van der Waals surface area contributed by atoms with E-state index in [9.17, 15) is 0 Å². The molecule has 1 spiro atoms. The van der Waals surface area contributed by atoms with E-state index >= 15 is 0 Å². The fourth-order valence-corrected chi connectivity index (χ4v) is 4.56. The number of allylic oxidation sites excluding steroid dienone is 1. The highest BCUT2D eigenvalue weighted by Gasteiger charge is 2.36. The van der Waals surface area contributed by atoms with Crippen molar-refractivity contribution < 1.29 is 0 Å². The molecule has 2 fully saturated rings. The van der Waals surface area contributed by atoms with Gasteiger partial charge in [0, 0.05) is 47.7 Å². The van der Waals surface area contributed by atoms with Gasteiger partial charge in [-0.1, -0.05) is 18.6 Å². The van der Waals surface area contributed by atoms with Gasteiger partial charge in [-0.15, -0.1) is 0 Å². The third-order valence-corrected chi connectivity index (χ3v) is 5.75. The van der Waals surface area contributed by atoms with Crippen molar-refractivity contribution in [2.45, 2.75) is 37.6 Å². The third kappa shape index (κ3) is 3.04. The Labute approximate surface area is 153 Å². The van der Waals surface area contributed by atoms with E-state index in [4.69, 9.17) is 18.0 Å². The molecular formula is C19H25N5S. The van der Waals surface area contributed by atoms with Crippen LogP contribution in [0.15, 0.2) is 24.5 Å². The molecule has 4 N–H and O–H groups in total. The lowest BCUT2D eigenvalue weighted by molar-refractivity contribution is 0.216. The molecule has 1 atom stereocenters. The number of aromatic amines is 1.